The van der Waals surface area contributed by atoms with E-state index in [2.05, 4.69) is 48.0 Å². The zero-order valence-corrected chi connectivity index (χ0v) is 26.0. The summed E-state index contributed by atoms with van der Waals surface area (Å²) in [5, 5.41) is 19.9. The summed E-state index contributed by atoms with van der Waals surface area (Å²) in [4.78, 5) is 50.3. The molecule has 0 saturated heterocycles. The summed E-state index contributed by atoms with van der Waals surface area (Å²) >= 11 is 2.17. The van der Waals surface area contributed by atoms with Gasteiger partial charge in [-0.05, 0) is 57.5 Å². The molecule has 0 radical (unpaired) electrons. The number of hydrazine groups is 1. The second kappa shape index (κ2) is 14.7. The molecular formula is C26H42IN5O7. The van der Waals surface area contributed by atoms with Crippen LogP contribution >= 0.6 is 22.6 Å². The Morgan fingerprint density at radius 3 is 1.79 bits per heavy atom. The number of aliphatic hydroxyl groups excluding tert-OH is 1. The lowest BCUT2D eigenvalue weighted by molar-refractivity contribution is -0.138. The first-order valence-electron chi connectivity index (χ1n) is 12.4. The molecule has 220 valence electrons. The van der Waals surface area contributed by atoms with Crippen molar-refractivity contribution < 1.29 is 33.8 Å². The van der Waals surface area contributed by atoms with Crippen molar-refractivity contribution >= 4 is 46.6 Å². The molecule has 12 nitrogen and oxygen atoms in total. The van der Waals surface area contributed by atoms with E-state index in [9.17, 15) is 24.3 Å². The van der Waals surface area contributed by atoms with Crippen molar-refractivity contribution in [2.24, 2.45) is 16.7 Å². The van der Waals surface area contributed by atoms with Crippen LogP contribution in [0.15, 0.2) is 24.3 Å². The van der Waals surface area contributed by atoms with Gasteiger partial charge in [-0.25, -0.2) is 15.4 Å². The van der Waals surface area contributed by atoms with Gasteiger partial charge in [-0.3, -0.25) is 14.6 Å². The smallest absolute Gasteiger partial charge is 0.407 e. The minimum absolute atomic E-state index is 0.212. The highest BCUT2D eigenvalue weighted by Gasteiger charge is 2.38. The Kier molecular flexibility index (Phi) is 12.9. The number of hydrogen-bond donors (Lipinski definition) is 5. The molecule has 0 aliphatic carbocycles. The molecule has 1 aromatic rings. The third-order valence-electron chi connectivity index (χ3n) is 5.96. The van der Waals surface area contributed by atoms with E-state index in [1.165, 1.54) is 14.2 Å². The highest BCUT2D eigenvalue weighted by Crippen LogP contribution is 2.22. The summed E-state index contributed by atoms with van der Waals surface area (Å²) in [5.74, 6) is 4.88. The number of alkyl carbamates (subject to hydrolysis) is 2. The van der Waals surface area contributed by atoms with Gasteiger partial charge >= 0.3 is 12.2 Å². The first kappa shape index (κ1) is 34.4. The average Bonchev–Trinajstić information content (AvgIpc) is 2.84. The van der Waals surface area contributed by atoms with Gasteiger partial charge in [0.25, 0.3) is 5.91 Å². The van der Waals surface area contributed by atoms with Crippen LogP contribution in [0.3, 0.4) is 0 Å². The molecule has 1 aromatic carbocycles. The van der Waals surface area contributed by atoms with Crippen LogP contribution in [-0.2, 0) is 25.5 Å². The Morgan fingerprint density at radius 1 is 0.897 bits per heavy atom. The SMILES string of the molecule is COC(=O)N[C@H](C(=O)N[C@@H](Cc1ccc(I)cc1)[C@@H](O)CN(N)C(=O)[C@@H](NC(=O)OC)C(C)(C)C)C(C)(C)C. The Balaban J connectivity index is 3.23. The summed E-state index contributed by atoms with van der Waals surface area (Å²) < 4.78 is 10.3. The van der Waals surface area contributed by atoms with Crippen molar-refractivity contribution in [2.45, 2.75) is 72.2 Å². The van der Waals surface area contributed by atoms with Crippen LogP contribution in [-0.4, -0.2) is 79.1 Å². The number of ether oxygens (including phenoxy) is 2. The monoisotopic (exact) mass is 663 g/mol. The number of carbonyl (C=O) groups excluding carboxylic acids is 4. The summed E-state index contributed by atoms with van der Waals surface area (Å²) in [5.41, 5.74) is -0.587. The normalized spacial score (nSPS) is 14.7. The number of hydrogen-bond acceptors (Lipinski definition) is 8. The third-order valence-corrected chi connectivity index (χ3v) is 6.68. The minimum Gasteiger partial charge on any atom is -0.453 e. The van der Waals surface area contributed by atoms with Crippen molar-refractivity contribution in [3.63, 3.8) is 0 Å². The van der Waals surface area contributed by atoms with Crippen molar-refractivity contribution in [1.82, 2.24) is 21.0 Å². The van der Waals surface area contributed by atoms with Crippen molar-refractivity contribution in [2.75, 3.05) is 20.8 Å². The van der Waals surface area contributed by atoms with Gasteiger partial charge in [0.2, 0.25) is 5.91 Å². The van der Waals surface area contributed by atoms with Gasteiger partial charge in [0.05, 0.1) is 32.9 Å². The Morgan fingerprint density at radius 2 is 1.36 bits per heavy atom. The topological polar surface area (TPSA) is 172 Å². The van der Waals surface area contributed by atoms with Crippen molar-refractivity contribution in [3.8, 4) is 0 Å². The zero-order valence-electron chi connectivity index (χ0n) is 23.8. The number of carbonyl (C=O) groups is 4. The predicted molar refractivity (Wildman–Crippen MR) is 154 cm³/mol. The molecule has 6 N–H and O–H groups in total. The molecule has 0 aliphatic heterocycles. The first-order chi connectivity index (χ1) is 17.9. The second-order valence-electron chi connectivity index (χ2n) is 11.4. The Labute approximate surface area is 243 Å². The fourth-order valence-electron chi connectivity index (χ4n) is 3.69. The maximum absolute atomic E-state index is 13.3. The van der Waals surface area contributed by atoms with Crippen molar-refractivity contribution in [3.05, 3.63) is 33.4 Å². The van der Waals surface area contributed by atoms with E-state index in [1.807, 2.05) is 24.3 Å². The molecule has 0 aliphatic rings. The molecule has 4 atom stereocenters. The van der Waals surface area contributed by atoms with E-state index in [0.717, 1.165) is 14.1 Å². The molecule has 39 heavy (non-hydrogen) atoms. The maximum atomic E-state index is 13.3. The van der Waals surface area contributed by atoms with Gasteiger partial charge in [-0.2, -0.15) is 0 Å². The van der Waals surface area contributed by atoms with Gasteiger partial charge < -0.3 is 30.5 Å². The Bertz CT molecular complexity index is 992. The maximum Gasteiger partial charge on any atom is 0.407 e. The molecule has 1 rings (SSSR count). The molecule has 0 bridgehead atoms. The zero-order chi connectivity index (χ0) is 30.1. The number of nitrogens with zero attached hydrogens (tertiary/aromatic N) is 1. The van der Waals surface area contributed by atoms with Crippen LogP contribution in [0.1, 0.15) is 47.1 Å². The lowest BCUT2D eigenvalue weighted by Gasteiger charge is -2.35. The number of halogens is 1. The summed E-state index contributed by atoms with van der Waals surface area (Å²) in [6, 6.07) is 4.60. The highest BCUT2D eigenvalue weighted by molar-refractivity contribution is 14.1. The quantitative estimate of drug-likeness (QED) is 0.109. The Hall–Kier alpha value is -2.65. The number of rotatable bonds is 10. The molecule has 0 aromatic heterocycles. The molecule has 13 heteroatoms. The standard InChI is InChI=1S/C26H42IN5O7/c1-25(2,3)19(30-23(36)38-7)21(34)29-17(13-15-9-11-16(27)12-10-15)18(33)14-32(28)22(35)20(26(4,5)6)31-24(37)39-8/h9-12,17-20,33H,13-14,28H2,1-8H3,(H,29,34)(H,30,36)(H,31,37)/t17-,18-,19+,20+/m0/s1. The van der Waals surface area contributed by atoms with E-state index in [0.29, 0.717) is 0 Å². The van der Waals surface area contributed by atoms with E-state index in [-0.39, 0.29) is 13.0 Å². The van der Waals surface area contributed by atoms with Crippen molar-refractivity contribution in [1.29, 1.82) is 0 Å². The number of nitrogens with one attached hydrogen (secondary N) is 3. The largest absolute Gasteiger partial charge is 0.453 e. The molecular weight excluding hydrogens is 621 g/mol. The fourth-order valence-corrected chi connectivity index (χ4v) is 4.05. The van der Waals surface area contributed by atoms with E-state index in [1.54, 1.807) is 41.5 Å². The van der Waals surface area contributed by atoms with Crippen LogP contribution in [0.25, 0.3) is 0 Å². The predicted octanol–water partition coefficient (Wildman–Crippen LogP) is 1.92. The molecule has 0 saturated carbocycles. The molecule has 0 unspecified atom stereocenters. The summed E-state index contributed by atoms with van der Waals surface area (Å²) in [6.45, 7) is 10.2. The van der Waals surface area contributed by atoms with Gasteiger partial charge in [-0.15, -0.1) is 0 Å². The number of aliphatic hydroxyl groups is 1. The van der Waals surface area contributed by atoms with Gasteiger partial charge in [-0.1, -0.05) is 53.7 Å². The third kappa shape index (κ3) is 11.2. The average molecular weight is 664 g/mol. The summed E-state index contributed by atoms with van der Waals surface area (Å²) in [6.07, 6.45) is -2.67. The van der Waals surface area contributed by atoms with Gasteiger partial charge in [0, 0.05) is 3.57 Å². The number of benzene rings is 1. The van der Waals surface area contributed by atoms with Gasteiger partial charge in [0.1, 0.15) is 12.1 Å². The number of amides is 4. The molecule has 0 fully saturated rings. The number of methoxy groups -OCH3 is 2. The van der Waals surface area contributed by atoms with E-state index in [4.69, 9.17) is 5.84 Å². The van der Waals surface area contributed by atoms with E-state index < -0.39 is 59.1 Å². The van der Waals surface area contributed by atoms with Crippen LogP contribution in [0.5, 0.6) is 0 Å². The molecule has 0 spiro atoms. The van der Waals surface area contributed by atoms with E-state index >= 15 is 0 Å². The summed E-state index contributed by atoms with van der Waals surface area (Å²) in [7, 11) is 2.38. The number of nitrogens with two attached hydrogens (primary N) is 1. The highest BCUT2D eigenvalue weighted by atomic mass is 127. The lowest BCUT2D eigenvalue weighted by Crippen LogP contribution is -2.61. The molecule has 0 heterocycles. The molecule has 4 amide bonds. The lowest BCUT2D eigenvalue weighted by atomic mass is 9.85. The minimum atomic E-state index is -1.31. The van der Waals surface area contributed by atoms with Gasteiger partial charge in [0.15, 0.2) is 0 Å². The first-order valence-corrected chi connectivity index (χ1v) is 13.5. The van der Waals surface area contributed by atoms with Crippen LogP contribution < -0.4 is 21.8 Å². The second-order valence-corrected chi connectivity index (χ2v) is 12.6. The van der Waals surface area contributed by atoms with Crippen LogP contribution in [0.4, 0.5) is 9.59 Å². The van der Waals surface area contributed by atoms with Crippen LogP contribution in [0.2, 0.25) is 0 Å². The fraction of sp³-hybridized carbons (Fsp3) is 0.615. The van der Waals surface area contributed by atoms with Crippen LogP contribution in [0, 0.1) is 14.4 Å².